The van der Waals surface area contributed by atoms with Crippen LogP contribution in [0.2, 0.25) is 0 Å². The van der Waals surface area contributed by atoms with Gasteiger partial charge in [-0.25, -0.2) is 4.39 Å². The normalized spacial score (nSPS) is 13.0. The standard InChI is InChI=1S/C13H16FNO/c1-3-11(7-10(2)14)8-13-12(9-16)5-4-6-15-13/h3-7,16H,8-9H2,1-2H3/b10-7+,11-3+. The van der Waals surface area contributed by atoms with Crippen LogP contribution in [0.1, 0.15) is 25.1 Å². The van der Waals surface area contributed by atoms with Crippen molar-refractivity contribution in [1.82, 2.24) is 4.98 Å². The summed E-state index contributed by atoms with van der Waals surface area (Å²) in [6.45, 7) is 3.23. The molecule has 0 saturated heterocycles. The predicted molar refractivity (Wildman–Crippen MR) is 62.5 cm³/mol. The van der Waals surface area contributed by atoms with Gasteiger partial charge < -0.3 is 5.11 Å². The molecule has 0 saturated carbocycles. The van der Waals surface area contributed by atoms with Gasteiger partial charge in [-0.15, -0.1) is 0 Å². The highest BCUT2D eigenvalue weighted by atomic mass is 19.1. The van der Waals surface area contributed by atoms with Crippen LogP contribution in [0, 0.1) is 0 Å². The first kappa shape index (κ1) is 12.6. The van der Waals surface area contributed by atoms with Crippen molar-refractivity contribution in [3.63, 3.8) is 0 Å². The number of hydrogen-bond acceptors (Lipinski definition) is 2. The molecule has 3 heteroatoms. The SMILES string of the molecule is C/C=C(\C=C(/C)F)Cc1ncccc1CO. The number of allylic oxidation sites excluding steroid dienone is 4. The fourth-order valence-corrected chi connectivity index (χ4v) is 1.46. The summed E-state index contributed by atoms with van der Waals surface area (Å²) in [6, 6.07) is 3.60. The third kappa shape index (κ3) is 3.59. The molecule has 86 valence electrons. The number of halogens is 1. The Labute approximate surface area is 95.2 Å². The molecule has 1 heterocycles. The number of rotatable bonds is 4. The minimum absolute atomic E-state index is 0.0432. The third-order valence-corrected chi connectivity index (χ3v) is 2.28. The number of hydrogen-bond donors (Lipinski definition) is 1. The average Bonchev–Trinajstić information content (AvgIpc) is 2.28. The van der Waals surface area contributed by atoms with Crippen molar-refractivity contribution in [1.29, 1.82) is 0 Å². The Bertz CT molecular complexity index is 406. The van der Waals surface area contributed by atoms with E-state index in [0.29, 0.717) is 6.42 Å². The van der Waals surface area contributed by atoms with Crippen LogP contribution < -0.4 is 0 Å². The highest BCUT2D eigenvalue weighted by Crippen LogP contribution is 2.13. The summed E-state index contributed by atoms with van der Waals surface area (Å²) in [6.07, 6.45) is 5.54. The van der Waals surface area contributed by atoms with Gasteiger partial charge in [-0.3, -0.25) is 4.98 Å². The van der Waals surface area contributed by atoms with Crippen LogP contribution in [-0.4, -0.2) is 10.1 Å². The zero-order valence-electron chi connectivity index (χ0n) is 9.57. The first-order valence-electron chi connectivity index (χ1n) is 5.20. The fourth-order valence-electron chi connectivity index (χ4n) is 1.46. The largest absolute Gasteiger partial charge is 0.392 e. The van der Waals surface area contributed by atoms with E-state index in [-0.39, 0.29) is 12.4 Å². The Morgan fingerprint density at radius 2 is 2.31 bits per heavy atom. The summed E-state index contributed by atoms with van der Waals surface area (Å²) in [5.41, 5.74) is 2.43. The molecule has 0 aliphatic carbocycles. The topological polar surface area (TPSA) is 33.1 Å². The van der Waals surface area contributed by atoms with Crippen molar-refractivity contribution in [2.75, 3.05) is 0 Å². The molecule has 0 fully saturated rings. The lowest BCUT2D eigenvalue weighted by atomic mass is 10.1. The number of aliphatic hydroxyl groups is 1. The van der Waals surface area contributed by atoms with Crippen LogP contribution >= 0.6 is 0 Å². The van der Waals surface area contributed by atoms with Crippen molar-refractivity contribution < 1.29 is 9.50 Å². The molecular formula is C13H16FNO. The third-order valence-electron chi connectivity index (χ3n) is 2.28. The Morgan fingerprint density at radius 3 is 2.88 bits per heavy atom. The minimum Gasteiger partial charge on any atom is -0.392 e. The highest BCUT2D eigenvalue weighted by molar-refractivity contribution is 5.29. The molecular weight excluding hydrogens is 205 g/mol. The van der Waals surface area contributed by atoms with Gasteiger partial charge in [-0.05, 0) is 37.1 Å². The van der Waals surface area contributed by atoms with E-state index in [9.17, 15) is 4.39 Å². The number of pyridine rings is 1. The summed E-state index contributed by atoms with van der Waals surface area (Å²) in [7, 11) is 0. The molecule has 0 unspecified atom stereocenters. The fraction of sp³-hybridized carbons (Fsp3) is 0.308. The molecule has 0 amide bonds. The van der Waals surface area contributed by atoms with E-state index >= 15 is 0 Å². The second-order valence-corrected chi connectivity index (χ2v) is 3.54. The molecule has 0 radical (unpaired) electrons. The monoisotopic (exact) mass is 221 g/mol. The zero-order chi connectivity index (χ0) is 12.0. The lowest BCUT2D eigenvalue weighted by molar-refractivity contribution is 0.280. The lowest BCUT2D eigenvalue weighted by Crippen LogP contribution is -1.99. The molecule has 1 aromatic heterocycles. The maximum atomic E-state index is 12.8. The maximum Gasteiger partial charge on any atom is 0.0971 e. The van der Waals surface area contributed by atoms with Gasteiger partial charge in [0, 0.05) is 12.6 Å². The van der Waals surface area contributed by atoms with Crippen LogP contribution in [-0.2, 0) is 13.0 Å². The molecule has 0 atom stereocenters. The van der Waals surface area contributed by atoms with Gasteiger partial charge in [0.1, 0.15) is 0 Å². The average molecular weight is 221 g/mol. The van der Waals surface area contributed by atoms with E-state index in [1.165, 1.54) is 13.0 Å². The van der Waals surface area contributed by atoms with E-state index in [4.69, 9.17) is 5.11 Å². The molecule has 16 heavy (non-hydrogen) atoms. The zero-order valence-corrected chi connectivity index (χ0v) is 9.57. The molecule has 0 aliphatic heterocycles. The smallest absolute Gasteiger partial charge is 0.0971 e. The van der Waals surface area contributed by atoms with Crippen molar-refractivity contribution in [3.05, 3.63) is 53.1 Å². The summed E-state index contributed by atoms with van der Waals surface area (Å²) >= 11 is 0. The minimum atomic E-state index is -0.227. The second kappa shape index (κ2) is 6.18. The van der Waals surface area contributed by atoms with Crippen LogP contribution in [0.25, 0.3) is 0 Å². The van der Waals surface area contributed by atoms with Crippen molar-refractivity contribution in [2.24, 2.45) is 0 Å². The van der Waals surface area contributed by atoms with Crippen LogP contribution in [0.5, 0.6) is 0 Å². The number of aliphatic hydroxyl groups excluding tert-OH is 1. The first-order chi connectivity index (χ1) is 7.67. The predicted octanol–water partition coefficient (Wildman–Crippen LogP) is 2.94. The lowest BCUT2D eigenvalue weighted by Gasteiger charge is -2.06. The van der Waals surface area contributed by atoms with E-state index in [1.807, 2.05) is 19.1 Å². The van der Waals surface area contributed by atoms with Gasteiger partial charge >= 0.3 is 0 Å². The first-order valence-corrected chi connectivity index (χ1v) is 5.20. The maximum absolute atomic E-state index is 12.8. The van der Waals surface area contributed by atoms with Crippen LogP contribution in [0.3, 0.4) is 0 Å². The summed E-state index contributed by atoms with van der Waals surface area (Å²) in [4.78, 5) is 4.19. The van der Waals surface area contributed by atoms with Gasteiger partial charge in [0.15, 0.2) is 0 Å². The molecule has 1 rings (SSSR count). The molecule has 2 nitrogen and oxygen atoms in total. The van der Waals surface area contributed by atoms with Crippen molar-refractivity contribution >= 4 is 0 Å². The van der Waals surface area contributed by atoms with Crippen molar-refractivity contribution in [3.8, 4) is 0 Å². The Hall–Kier alpha value is -1.48. The van der Waals surface area contributed by atoms with Crippen LogP contribution in [0.4, 0.5) is 4.39 Å². The van der Waals surface area contributed by atoms with Crippen LogP contribution in [0.15, 0.2) is 41.9 Å². The van der Waals surface area contributed by atoms with Gasteiger partial charge in [0.2, 0.25) is 0 Å². The Balaban J connectivity index is 2.91. The summed E-state index contributed by atoms with van der Waals surface area (Å²) in [5.74, 6) is -0.227. The van der Waals surface area contributed by atoms with E-state index < -0.39 is 0 Å². The molecule has 0 aliphatic rings. The van der Waals surface area contributed by atoms with Gasteiger partial charge in [0.25, 0.3) is 0 Å². The van der Waals surface area contributed by atoms with E-state index in [2.05, 4.69) is 4.98 Å². The summed E-state index contributed by atoms with van der Waals surface area (Å²) < 4.78 is 12.8. The molecule has 0 aromatic carbocycles. The molecule has 0 bridgehead atoms. The Morgan fingerprint density at radius 1 is 1.56 bits per heavy atom. The molecule has 1 N–H and O–H groups in total. The quantitative estimate of drug-likeness (QED) is 0.793. The van der Waals surface area contributed by atoms with Crippen molar-refractivity contribution in [2.45, 2.75) is 26.9 Å². The van der Waals surface area contributed by atoms with E-state index in [1.54, 1.807) is 12.3 Å². The molecule has 1 aromatic rings. The molecule has 0 spiro atoms. The highest BCUT2D eigenvalue weighted by Gasteiger charge is 2.04. The van der Waals surface area contributed by atoms with Gasteiger partial charge in [-0.1, -0.05) is 12.1 Å². The second-order valence-electron chi connectivity index (χ2n) is 3.54. The van der Waals surface area contributed by atoms with E-state index in [0.717, 1.165) is 16.8 Å². The number of aromatic nitrogens is 1. The Kier molecular flexibility index (Phi) is 4.86. The van der Waals surface area contributed by atoms with Gasteiger partial charge in [-0.2, -0.15) is 0 Å². The summed E-state index contributed by atoms with van der Waals surface area (Å²) in [5, 5.41) is 9.14. The number of nitrogens with zero attached hydrogens (tertiary/aromatic N) is 1. The van der Waals surface area contributed by atoms with Gasteiger partial charge in [0.05, 0.1) is 18.1 Å².